The molecule has 1 aromatic rings. The molecule has 160 valence electrons. The SMILES string of the molecule is CC1(C)CN(C(CNC(=O)CNCC2CC2)c2ccc(Cl)cc2)CCO1.Cl.Cl. The number of nitrogens with one attached hydrogen (secondary N) is 2. The third kappa shape index (κ3) is 8.05. The first kappa shape index (κ1) is 25.5. The molecule has 2 N–H and O–H groups in total. The molecule has 0 spiro atoms. The van der Waals surface area contributed by atoms with Crippen LogP contribution in [0.1, 0.15) is 38.3 Å². The van der Waals surface area contributed by atoms with E-state index in [4.69, 9.17) is 16.3 Å². The van der Waals surface area contributed by atoms with Gasteiger partial charge in [-0.05, 0) is 56.8 Å². The minimum atomic E-state index is -0.182. The largest absolute Gasteiger partial charge is 0.373 e. The number of amides is 1. The second kappa shape index (κ2) is 11.6. The molecule has 1 aliphatic heterocycles. The van der Waals surface area contributed by atoms with Gasteiger partial charge >= 0.3 is 0 Å². The Hall–Kier alpha value is -0.560. The number of hydrogen-bond acceptors (Lipinski definition) is 4. The standard InChI is InChI=1S/C20H30ClN3O2.2ClH/c1-20(2)14-24(9-10-26-20)18(16-5-7-17(21)8-6-16)12-23-19(25)13-22-11-15-3-4-15;;/h5-8,15,18,22H,3-4,9-14H2,1-2H3,(H,23,25);2*1H. The van der Waals surface area contributed by atoms with Crippen LogP contribution < -0.4 is 10.6 Å². The lowest BCUT2D eigenvalue weighted by molar-refractivity contribution is -0.121. The van der Waals surface area contributed by atoms with Crippen LogP contribution >= 0.6 is 36.4 Å². The molecule has 1 saturated heterocycles. The van der Waals surface area contributed by atoms with Crippen molar-refractivity contribution in [2.24, 2.45) is 5.92 Å². The van der Waals surface area contributed by atoms with Crippen molar-refractivity contribution in [3.63, 3.8) is 0 Å². The van der Waals surface area contributed by atoms with Crippen LogP contribution in [-0.2, 0) is 9.53 Å². The number of rotatable bonds is 8. The highest BCUT2D eigenvalue weighted by Crippen LogP contribution is 2.28. The van der Waals surface area contributed by atoms with E-state index in [0.717, 1.165) is 30.6 Å². The van der Waals surface area contributed by atoms with Crippen molar-refractivity contribution in [1.82, 2.24) is 15.5 Å². The normalized spacial score (nSPS) is 19.8. The van der Waals surface area contributed by atoms with E-state index in [0.29, 0.717) is 19.7 Å². The maximum Gasteiger partial charge on any atom is 0.234 e. The Morgan fingerprint density at radius 3 is 2.57 bits per heavy atom. The molecule has 3 rings (SSSR count). The monoisotopic (exact) mass is 451 g/mol. The molecule has 1 saturated carbocycles. The highest BCUT2D eigenvalue weighted by Gasteiger charge is 2.32. The van der Waals surface area contributed by atoms with Crippen molar-refractivity contribution in [1.29, 1.82) is 0 Å². The number of nitrogens with zero attached hydrogens (tertiary/aromatic N) is 1. The molecule has 0 radical (unpaired) electrons. The van der Waals surface area contributed by atoms with Crippen LogP contribution in [-0.4, -0.2) is 55.7 Å². The van der Waals surface area contributed by atoms with E-state index < -0.39 is 0 Å². The van der Waals surface area contributed by atoms with Gasteiger partial charge in [0.2, 0.25) is 5.91 Å². The zero-order valence-electron chi connectivity index (χ0n) is 16.6. The van der Waals surface area contributed by atoms with E-state index in [-0.39, 0.29) is 42.4 Å². The second-order valence-electron chi connectivity index (χ2n) is 8.02. The van der Waals surface area contributed by atoms with Crippen LogP contribution in [0.2, 0.25) is 5.02 Å². The van der Waals surface area contributed by atoms with E-state index in [2.05, 4.69) is 29.4 Å². The zero-order valence-corrected chi connectivity index (χ0v) is 19.0. The molecule has 28 heavy (non-hydrogen) atoms. The van der Waals surface area contributed by atoms with Gasteiger partial charge < -0.3 is 15.4 Å². The third-order valence-electron chi connectivity index (χ3n) is 5.06. The molecule has 1 atom stereocenters. The Morgan fingerprint density at radius 2 is 1.96 bits per heavy atom. The highest BCUT2D eigenvalue weighted by atomic mass is 35.5. The molecule has 1 amide bonds. The van der Waals surface area contributed by atoms with Gasteiger partial charge in [-0.25, -0.2) is 0 Å². The molecule has 2 fully saturated rings. The quantitative estimate of drug-likeness (QED) is 0.634. The number of carbonyl (C=O) groups excluding carboxylic acids is 1. The summed E-state index contributed by atoms with van der Waals surface area (Å²) in [4.78, 5) is 14.6. The summed E-state index contributed by atoms with van der Waals surface area (Å²) in [6, 6.07) is 8.03. The summed E-state index contributed by atoms with van der Waals surface area (Å²) in [7, 11) is 0. The number of halogens is 3. The Balaban J connectivity index is 0.00000196. The first-order valence-electron chi connectivity index (χ1n) is 9.54. The van der Waals surface area contributed by atoms with Gasteiger partial charge in [0.25, 0.3) is 0 Å². The topological polar surface area (TPSA) is 53.6 Å². The molecule has 5 nitrogen and oxygen atoms in total. The van der Waals surface area contributed by atoms with Gasteiger partial charge in [0, 0.05) is 24.7 Å². The molecular weight excluding hydrogens is 421 g/mol. The lowest BCUT2D eigenvalue weighted by Crippen LogP contribution is -2.51. The lowest BCUT2D eigenvalue weighted by atomic mass is 10.0. The molecule has 1 aliphatic carbocycles. The maximum atomic E-state index is 12.2. The average Bonchev–Trinajstić information content (AvgIpc) is 3.40. The van der Waals surface area contributed by atoms with Crippen molar-refractivity contribution < 1.29 is 9.53 Å². The van der Waals surface area contributed by atoms with Crippen LogP contribution in [0.4, 0.5) is 0 Å². The summed E-state index contributed by atoms with van der Waals surface area (Å²) in [5.41, 5.74) is 0.983. The average molecular weight is 453 g/mol. The van der Waals surface area contributed by atoms with Crippen LogP contribution in [0, 0.1) is 5.92 Å². The Morgan fingerprint density at radius 1 is 1.29 bits per heavy atom. The number of hydrogen-bond donors (Lipinski definition) is 2. The molecule has 0 aromatic heterocycles. The van der Waals surface area contributed by atoms with E-state index in [1.165, 1.54) is 18.4 Å². The zero-order chi connectivity index (χ0) is 18.6. The van der Waals surface area contributed by atoms with Crippen molar-refractivity contribution in [3.05, 3.63) is 34.9 Å². The number of benzene rings is 1. The Labute approximate surface area is 185 Å². The fourth-order valence-electron chi connectivity index (χ4n) is 3.45. The van der Waals surface area contributed by atoms with Crippen molar-refractivity contribution in [2.75, 3.05) is 39.3 Å². The summed E-state index contributed by atoms with van der Waals surface area (Å²) in [5, 5.41) is 7.07. The van der Waals surface area contributed by atoms with Gasteiger partial charge in [0.05, 0.1) is 24.8 Å². The molecular formula is C20H32Cl3N3O2. The summed E-state index contributed by atoms with van der Waals surface area (Å²) in [5.74, 6) is 0.831. The van der Waals surface area contributed by atoms with Gasteiger partial charge in [-0.15, -0.1) is 24.8 Å². The van der Waals surface area contributed by atoms with Crippen molar-refractivity contribution >= 4 is 42.3 Å². The minimum absolute atomic E-state index is 0. The van der Waals surface area contributed by atoms with Crippen LogP contribution in [0.15, 0.2) is 24.3 Å². The first-order chi connectivity index (χ1) is 12.4. The predicted molar refractivity (Wildman–Crippen MR) is 119 cm³/mol. The number of carbonyl (C=O) groups is 1. The smallest absolute Gasteiger partial charge is 0.234 e. The van der Waals surface area contributed by atoms with Crippen molar-refractivity contribution in [2.45, 2.75) is 38.3 Å². The molecule has 8 heteroatoms. The first-order valence-corrected chi connectivity index (χ1v) is 9.92. The third-order valence-corrected chi connectivity index (χ3v) is 5.31. The van der Waals surface area contributed by atoms with E-state index in [1.54, 1.807) is 0 Å². The van der Waals surface area contributed by atoms with Gasteiger partial charge in [-0.1, -0.05) is 23.7 Å². The summed E-state index contributed by atoms with van der Waals surface area (Å²) < 4.78 is 5.85. The lowest BCUT2D eigenvalue weighted by Gasteiger charge is -2.42. The van der Waals surface area contributed by atoms with Crippen LogP contribution in [0.3, 0.4) is 0 Å². The predicted octanol–water partition coefficient (Wildman–Crippen LogP) is 3.45. The summed E-state index contributed by atoms with van der Waals surface area (Å²) in [6.07, 6.45) is 2.58. The van der Waals surface area contributed by atoms with Crippen molar-refractivity contribution in [3.8, 4) is 0 Å². The Bertz CT molecular complexity index is 609. The van der Waals surface area contributed by atoms with Gasteiger partial charge in [0.15, 0.2) is 0 Å². The minimum Gasteiger partial charge on any atom is -0.373 e. The summed E-state index contributed by atoms with van der Waals surface area (Å²) >= 11 is 6.05. The second-order valence-corrected chi connectivity index (χ2v) is 8.46. The Kier molecular flexibility index (Phi) is 10.5. The summed E-state index contributed by atoms with van der Waals surface area (Å²) in [6.45, 7) is 8.53. The highest BCUT2D eigenvalue weighted by molar-refractivity contribution is 6.30. The van der Waals surface area contributed by atoms with Gasteiger partial charge in [-0.2, -0.15) is 0 Å². The van der Waals surface area contributed by atoms with E-state index >= 15 is 0 Å². The molecule has 0 bridgehead atoms. The van der Waals surface area contributed by atoms with Crippen LogP contribution in [0.25, 0.3) is 0 Å². The molecule has 1 heterocycles. The number of morpholine rings is 1. The molecule has 1 aromatic carbocycles. The fourth-order valence-corrected chi connectivity index (χ4v) is 3.57. The van der Waals surface area contributed by atoms with Crippen LogP contribution in [0.5, 0.6) is 0 Å². The number of ether oxygens (including phenoxy) is 1. The molecule has 1 unspecified atom stereocenters. The fraction of sp³-hybridized carbons (Fsp3) is 0.650. The van der Waals surface area contributed by atoms with Gasteiger partial charge in [-0.3, -0.25) is 9.69 Å². The van der Waals surface area contributed by atoms with E-state index in [1.807, 2.05) is 24.3 Å². The maximum absolute atomic E-state index is 12.2. The van der Waals surface area contributed by atoms with E-state index in [9.17, 15) is 4.79 Å². The van der Waals surface area contributed by atoms with Gasteiger partial charge in [0.1, 0.15) is 0 Å². The molecule has 2 aliphatic rings.